The Kier molecular flexibility index (Phi) is 9.51. The molecule has 1 aliphatic heterocycles. The van der Waals surface area contributed by atoms with Gasteiger partial charge < -0.3 is 29.7 Å². The molecule has 2 heterocycles. The molecule has 3 aromatic carbocycles. The number of anilines is 2. The Hall–Kier alpha value is -5.44. The number of nitriles is 1. The molecule has 1 fully saturated rings. The standard InChI is InChI=1S/C34H33F2N5O5/c1-34(2,3)46-33(43)41-14-11-21(12-15-41)20-44-31-18-29-26(16-22(31)19-37)30(10-13-38-29)45-25-8-9-28(27(36)17-25)40-32(42)39-24-6-4-23(35)5-7-24/h4-10,13,16-18,21H,11-12,14-15,20H2,1-3H3,(H2,39,40,42). The number of nitrogens with one attached hydrogen (secondary N) is 2. The molecule has 4 aromatic rings. The summed E-state index contributed by atoms with van der Waals surface area (Å²) in [4.78, 5) is 30.7. The van der Waals surface area contributed by atoms with Crippen LogP contribution >= 0.6 is 0 Å². The third kappa shape index (κ3) is 8.18. The van der Waals surface area contributed by atoms with Gasteiger partial charge in [0.25, 0.3) is 0 Å². The van der Waals surface area contributed by atoms with Crippen LogP contribution in [0.1, 0.15) is 39.2 Å². The fourth-order valence-electron chi connectivity index (χ4n) is 4.87. The Labute approximate surface area is 264 Å². The maximum atomic E-state index is 14.9. The van der Waals surface area contributed by atoms with E-state index >= 15 is 0 Å². The highest BCUT2D eigenvalue weighted by molar-refractivity contribution is 5.99. The van der Waals surface area contributed by atoms with Crippen molar-refractivity contribution in [1.82, 2.24) is 9.88 Å². The van der Waals surface area contributed by atoms with Crippen LogP contribution in [0.4, 0.5) is 29.7 Å². The van der Waals surface area contributed by atoms with Gasteiger partial charge in [-0.2, -0.15) is 5.26 Å². The first-order valence-electron chi connectivity index (χ1n) is 14.7. The maximum Gasteiger partial charge on any atom is 0.410 e. The van der Waals surface area contributed by atoms with Crippen LogP contribution in [0, 0.1) is 28.9 Å². The highest BCUT2D eigenvalue weighted by Gasteiger charge is 2.27. The second kappa shape index (κ2) is 13.7. The molecule has 3 amide bonds. The summed E-state index contributed by atoms with van der Waals surface area (Å²) in [6.45, 7) is 7.02. The van der Waals surface area contributed by atoms with Crippen molar-refractivity contribution in [1.29, 1.82) is 5.26 Å². The number of pyridine rings is 1. The van der Waals surface area contributed by atoms with Crippen molar-refractivity contribution in [3.63, 3.8) is 0 Å². The minimum absolute atomic E-state index is 0.0874. The topological polar surface area (TPSA) is 126 Å². The smallest absolute Gasteiger partial charge is 0.410 e. The number of fused-ring (bicyclic) bond motifs is 1. The summed E-state index contributed by atoms with van der Waals surface area (Å²) in [6, 6.07) is 15.5. The van der Waals surface area contributed by atoms with Gasteiger partial charge in [0, 0.05) is 42.5 Å². The van der Waals surface area contributed by atoms with Crippen molar-refractivity contribution in [3.8, 4) is 23.3 Å². The number of piperidine rings is 1. The van der Waals surface area contributed by atoms with Crippen molar-refractivity contribution in [2.75, 3.05) is 30.3 Å². The highest BCUT2D eigenvalue weighted by atomic mass is 19.1. The minimum Gasteiger partial charge on any atom is -0.492 e. The molecule has 0 saturated carbocycles. The largest absolute Gasteiger partial charge is 0.492 e. The van der Waals surface area contributed by atoms with Crippen LogP contribution in [0.2, 0.25) is 0 Å². The van der Waals surface area contributed by atoms with Crippen molar-refractivity contribution in [3.05, 3.63) is 84.1 Å². The van der Waals surface area contributed by atoms with Gasteiger partial charge in [0.15, 0.2) is 0 Å². The van der Waals surface area contributed by atoms with Crippen molar-refractivity contribution >= 4 is 34.4 Å². The first kappa shape index (κ1) is 32.0. The summed E-state index contributed by atoms with van der Waals surface area (Å²) < 4.78 is 45.5. The van der Waals surface area contributed by atoms with E-state index in [0.29, 0.717) is 47.8 Å². The average molecular weight is 630 g/mol. The minimum atomic E-state index is -0.740. The Bertz CT molecular complexity index is 1780. The van der Waals surface area contributed by atoms with Crippen LogP contribution in [0.5, 0.6) is 17.2 Å². The molecule has 0 atom stereocenters. The Balaban J connectivity index is 1.22. The zero-order chi connectivity index (χ0) is 32.8. The van der Waals surface area contributed by atoms with Gasteiger partial charge in [-0.15, -0.1) is 0 Å². The van der Waals surface area contributed by atoms with Crippen LogP contribution in [0.25, 0.3) is 10.9 Å². The number of urea groups is 1. The lowest BCUT2D eigenvalue weighted by Crippen LogP contribution is -2.42. The van der Waals surface area contributed by atoms with E-state index in [9.17, 15) is 23.6 Å². The second-order valence-electron chi connectivity index (χ2n) is 11.8. The van der Waals surface area contributed by atoms with Gasteiger partial charge in [0.2, 0.25) is 0 Å². The maximum absolute atomic E-state index is 14.9. The summed E-state index contributed by atoms with van der Waals surface area (Å²) in [7, 11) is 0. The van der Waals surface area contributed by atoms with Crippen molar-refractivity contribution in [2.45, 2.75) is 39.2 Å². The molecule has 0 radical (unpaired) electrons. The van der Waals surface area contributed by atoms with E-state index in [1.54, 1.807) is 23.1 Å². The summed E-state index contributed by atoms with van der Waals surface area (Å²) >= 11 is 0. The summed E-state index contributed by atoms with van der Waals surface area (Å²) in [6.07, 6.45) is 2.70. The molecule has 1 aromatic heterocycles. The Morgan fingerprint density at radius 2 is 1.74 bits per heavy atom. The van der Waals surface area contributed by atoms with Crippen LogP contribution in [0.15, 0.2) is 66.9 Å². The van der Waals surface area contributed by atoms with Gasteiger partial charge in [0.1, 0.15) is 40.6 Å². The molecule has 46 heavy (non-hydrogen) atoms. The number of carbonyl (C=O) groups is 2. The van der Waals surface area contributed by atoms with E-state index in [-0.39, 0.29) is 29.0 Å². The first-order chi connectivity index (χ1) is 22.0. The molecule has 10 nitrogen and oxygen atoms in total. The molecule has 0 spiro atoms. The summed E-state index contributed by atoms with van der Waals surface area (Å²) in [5, 5.41) is 15.3. The number of ether oxygens (including phenoxy) is 3. The predicted molar refractivity (Wildman–Crippen MR) is 168 cm³/mol. The predicted octanol–water partition coefficient (Wildman–Crippen LogP) is 7.85. The molecule has 0 unspecified atom stereocenters. The number of aromatic nitrogens is 1. The first-order valence-corrected chi connectivity index (χ1v) is 14.7. The Morgan fingerprint density at radius 1 is 1.00 bits per heavy atom. The lowest BCUT2D eigenvalue weighted by molar-refractivity contribution is 0.0165. The third-order valence-corrected chi connectivity index (χ3v) is 7.18. The van der Waals surface area contributed by atoms with Gasteiger partial charge in [-0.05, 0) is 88.1 Å². The average Bonchev–Trinajstić information content (AvgIpc) is 3.01. The number of carbonyl (C=O) groups excluding carboxylic acids is 2. The number of benzene rings is 3. The second-order valence-corrected chi connectivity index (χ2v) is 11.8. The number of rotatable bonds is 7. The van der Waals surface area contributed by atoms with Crippen LogP contribution in [0.3, 0.4) is 0 Å². The van der Waals surface area contributed by atoms with E-state index in [0.717, 1.165) is 18.9 Å². The number of hydrogen-bond donors (Lipinski definition) is 2. The monoisotopic (exact) mass is 629 g/mol. The molecule has 1 aliphatic rings. The van der Waals surface area contributed by atoms with Crippen LogP contribution in [-0.2, 0) is 4.74 Å². The fraction of sp³-hybridized carbons (Fsp3) is 0.294. The quantitative estimate of drug-likeness (QED) is 0.213. The fourth-order valence-corrected chi connectivity index (χ4v) is 4.87. The zero-order valence-electron chi connectivity index (χ0n) is 25.6. The van der Waals surface area contributed by atoms with Gasteiger partial charge in [0.05, 0.1) is 23.4 Å². The number of likely N-dealkylation sites (tertiary alicyclic amines) is 1. The zero-order valence-corrected chi connectivity index (χ0v) is 25.6. The molecule has 2 N–H and O–H groups in total. The summed E-state index contributed by atoms with van der Waals surface area (Å²) in [5.74, 6) is -0.102. The van der Waals surface area contributed by atoms with E-state index in [1.165, 1.54) is 42.6 Å². The summed E-state index contributed by atoms with van der Waals surface area (Å²) in [5.41, 5.74) is 0.508. The van der Waals surface area contributed by atoms with Crippen molar-refractivity contribution in [2.24, 2.45) is 5.92 Å². The molecule has 0 bridgehead atoms. The highest BCUT2D eigenvalue weighted by Crippen LogP contribution is 2.34. The van der Waals surface area contributed by atoms with Crippen LogP contribution in [-0.4, -0.2) is 47.3 Å². The molecule has 1 saturated heterocycles. The molecule has 12 heteroatoms. The molecule has 0 aliphatic carbocycles. The normalized spacial score (nSPS) is 13.5. The number of nitrogens with zero attached hydrogens (tertiary/aromatic N) is 3. The van der Waals surface area contributed by atoms with Gasteiger partial charge in [-0.25, -0.2) is 18.4 Å². The van der Waals surface area contributed by atoms with E-state index in [2.05, 4.69) is 21.7 Å². The lowest BCUT2D eigenvalue weighted by Gasteiger charge is -2.33. The lowest BCUT2D eigenvalue weighted by atomic mass is 9.98. The number of halogens is 2. The van der Waals surface area contributed by atoms with E-state index in [4.69, 9.17) is 14.2 Å². The molecule has 238 valence electrons. The van der Waals surface area contributed by atoms with Gasteiger partial charge >= 0.3 is 12.1 Å². The number of amides is 3. The molecular formula is C34H33F2N5O5. The number of hydrogen-bond acceptors (Lipinski definition) is 7. The SMILES string of the molecule is CC(C)(C)OC(=O)N1CCC(COc2cc3nccc(Oc4ccc(NC(=O)Nc5ccc(F)cc5)c(F)c4)c3cc2C#N)CC1. The van der Waals surface area contributed by atoms with Gasteiger partial charge in [-0.1, -0.05) is 0 Å². The van der Waals surface area contributed by atoms with Crippen molar-refractivity contribution < 1.29 is 32.6 Å². The van der Waals surface area contributed by atoms with Crippen LogP contribution < -0.4 is 20.1 Å². The molecular weight excluding hydrogens is 596 g/mol. The Morgan fingerprint density at radius 3 is 2.41 bits per heavy atom. The molecule has 5 rings (SSSR count). The van der Waals surface area contributed by atoms with Gasteiger partial charge in [-0.3, -0.25) is 4.98 Å². The van der Waals surface area contributed by atoms with E-state index < -0.39 is 23.3 Å². The third-order valence-electron chi connectivity index (χ3n) is 7.18. The van der Waals surface area contributed by atoms with E-state index in [1.807, 2.05) is 20.8 Å².